The first-order valence-corrected chi connectivity index (χ1v) is 6.20. The van der Waals surface area contributed by atoms with Crippen LogP contribution in [0.5, 0.6) is 0 Å². The summed E-state index contributed by atoms with van der Waals surface area (Å²) in [5.41, 5.74) is 0. The molecule has 1 aliphatic heterocycles. The summed E-state index contributed by atoms with van der Waals surface area (Å²) in [6.45, 7) is 6.86. The lowest BCUT2D eigenvalue weighted by Crippen LogP contribution is -2.47. The fourth-order valence-corrected chi connectivity index (χ4v) is 2.46. The van der Waals surface area contributed by atoms with Crippen molar-refractivity contribution in [2.45, 2.75) is 45.3 Å². The van der Waals surface area contributed by atoms with Crippen molar-refractivity contribution in [3.8, 4) is 0 Å². The molecule has 3 heteroatoms. The minimum Gasteiger partial charge on any atom is -0.381 e. The monoisotopic (exact) mass is 215 g/mol. The zero-order chi connectivity index (χ0) is 11.1. The van der Waals surface area contributed by atoms with Gasteiger partial charge >= 0.3 is 0 Å². The second-order valence-electron chi connectivity index (χ2n) is 4.19. The normalized spacial score (nSPS) is 26.2. The molecule has 0 aliphatic carbocycles. The van der Waals surface area contributed by atoms with Crippen LogP contribution in [0.25, 0.3) is 0 Å². The van der Waals surface area contributed by atoms with E-state index in [1.54, 1.807) is 0 Å². The summed E-state index contributed by atoms with van der Waals surface area (Å²) in [6.07, 6.45) is 3.84. The zero-order valence-electron chi connectivity index (χ0n) is 10.3. The molecule has 1 saturated heterocycles. The Morgan fingerprint density at radius 3 is 2.73 bits per heavy atom. The highest BCUT2D eigenvalue weighted by molar-refractivity contribution is 4.83. The van der Waals surface area contributed by atoms with Crippen LogP contribution in [0.2, 0.25) is 0 Å². The van der Waals surface area contributed by atoms with Crippen molar-refractivity contribution in [1.82, 2.24) is 5.32 Å². The molecular formula is C12H25NO2. The van der Waals surface area contributed by atoms with Gasteiger partial charge in [-0.1, -0.05) is 6.92 Å². The molecule has 1 N–H and O–H groups in total. The zero-order valence-corrected chi connectivity index (χ0v) is 10.3. The van der Waals surface area contributed by atoms with Crippen LogP contribution < -0.4 is 5.32 Å². The van der Waals surface area contributed by atoms with E-state index in [0.29, 0.717) is 18.1 Å². The standard InChI is InChI=1S/C12H25NO2/c1-4-11(15-5-2)12(13-3)10-7-6-8-14-9-10/h10-13H,4-9H2,1-3H3. The van der Waals surface area contributed by atoms with Gasteiger partial charge in [-0.05, 0) is 33.2 Å². The Balaban J connectivity index is 2.50. The van der Waals surface area contributed by atoms with Gasteiger partial charge in [0.1, 0.15) is 0 Å². The molecule has 0 spiro atoms. The number of likely N-dealkylation sites (N-methyl/N-ethyl adjacent to an activating group) is 1. The first-order chi connectivity index (χ1) is 7.33. The smallest absolute Gasteiger partial charge is 0.0728 e. The van der Waals surface area contributed by atoms with Gasteiger partial charge < -0.3 is 14.8 Å². The minimum atomic E-state index is 0.326. The number of rotatable bonds is 6. The van der Waals surface area contributed by atoms with Crippen LogP contribution in [-0.4, -0.2) is 39.0 Å². The molecule has 1 fully saturated rings. The molecule has 1 heterocycles. The summed E-state index contributed by atoms with van der Waals surface area (Å²) in [5, 5.41) is 3.40. The average molecular weight is 215 g/mol. The Hall–Kier alpha value is -0.120. The summed E-state index contributed by atoms with van der Waals surface area (Å²) < 4.78 is 11.3. The van der Waals surface area contributed by atoms with E-state index >= 15 is 0 Å². The van der Waals surface area contributed by atoms with Crippen LogP contribution in [0.4, 0.5) is 0 Å². The fraction of sp³-hybridized carbons (Fsp3) is 1.00. The van der Waals surface area contributed by atoms with Gasteiger partial charge in [0, 0.05) is 25.2 Å². The first-order valence-electron chi connectivity index (χ1n) is 6.20. The molecule has 0 bridgehead atoms. The third-order valence-electron chi connectivity index (χ3n) is 3.22. The summed E-state index contributed by atoms with van der Waals surface area (Å²) in [7, 11) is 2.03. The maximum Gasteiger partial charge on any atom is 0.0728 e. The van der Waals surface area contributed by atoms with Gasteiger partial charge in [-0.25, -0.2) is 0 Å². The molecule has 3 unspecified atom stereocenters. The summed E-state index contributed by atoms with van der Waals surface area (Å²) in [4.78, 5) is 0. The molecule has 3 nitrogen and oxygen atoms in total. The van der Waals surface area contributed by atoms with Gasteiger partial charge in [0.15, 0.2) is 0 Å². The van der Waals surface area contributed by atoms with Crippen LogP contribution >= 0.6 is 0 Å². The van der Waals surface area contributed by atoms with Crippen molar-refractivity contribution in [1.29, 1.82) is 0 Å². The Morgan fingerprint density at radius 1 is 1.47 bits per heavy atom. The second-order valence-corrected chi connectivity index (χ2v) is 4.19. The first kappa shape index (κ1) is 12.9. The molecule has 0 aromatic rings. The van der Waals surface area contributed by atoms with Gasteiger partial charge in [0.05, 0.1) is 12.7 Å². The maximum absolute atomic E-state index is 5.78. The number of nitrogens with one attached hydrogen (secondary N) is 1. The van der Waals surface area contributed by atoms with E-state index in [9.17, 15) is 0 Å². The topological polar surface area (TPSA) is 30.5 Å². The Kier molecular flexibility index (Phi) is 6.22. The van der Waals surface area contributed by atoms with E-state index in [4.69, 9.17) is 9.47 Å². The lowest BCUT2D eigenvalue weighted by molar-refractivity contribution is -0.0221. The van der Waals surface area contributed by atoms with E-state index in [2.05, 4.69) is 19.2 Å². The predicted octanol–water partition coefficient (Wildman–Crippen LogP) is 1.82. The quantitative estimate of drug-likeness (QED) is 0.733. The third kappa shape index (κ3) is 3.74. The largest absolute Gasteiger partial charge is 0.381 e. The van der Waals surface area contributed by atoms with E-state index in [1.807, 2.05) is 7.05 Å². The Morgan fingerprint density at radius 2 is 2.27 bits per heavy atom. The summed E-state index contributed by atoms with van der Waals surface area (Å²) >= 11 is 0. The van der Waals surface area contributed by atoms with Crippen LogP contribution in [0.3, 0.4) is 0 Å². The molecule has 0 saturated carbocycles. The number of hydrogen-bond acceptors (Lipinski definition) is 3. The third-order valence-corrected chi connectivity index (χ3v) is 3.22. The van der Waals surface area contributed by atoms with Crippen molar-refractivity contribution in [3.05, 3.63) is 0 Å². The molecule has 0 aromatic carbocycles. The maximum atomic E-state index is 5.78. The fourth-order valence-electron chi connectivity index (χ4n) is 2.46. The molecule has 1 rings (SSSR count). The molecule has 0 radical (unpaired) electrons. The summed E-state index contributed by atoms with van der Waals surface area (Å²) in [5.74, 6) is 0.611. The van der Waals surface area contributed by atoms with Crippen molar-refractivity contribution in [3.63, 3.8) is 0 Å². The molecular weight excluding hydrogens is 190 g/mol. The van der Waals surface area contributed by atoms with Crippen molar-refractivity contribution < 1.29 is 9.47 Å². The van der Waals surface area contributed by atoms with Gasteiger partial charge in [-0.2, -0.15) is 0 Å². The molecule has 15 heavy (non-hydrogen) atoms. The van der Waals surface area contributed by atoms with Gasteiger partial charge in [0.25, 0.3) is 0 Å². The molecule has 90 valence electrons. The summed E-state index contributed by atoms with van der Waals surface area (Å²) in [6, 6.07) is 0.440. The van der Waals surface area contributed by atoms with Crippen molar-refractivity contribution in [2.24, 2.45) is 5.92 Å². The lowest BCUT2D eigenvalue weighted by Gasteiger charge is -2.35. The minimum absolute atomic E-state index is 0.326. The average Bonchev–Trinajstić information content (AvgIpc) is 2.30. The SMILES string of the molecule is CCOC(CC)C(NC)C1CCCOC1. The molecule has 1 aliphatic rings. The van der Waals surface area contributed by atoms with Crippen LogP contribution in [-0.2, 0) is 9.47 Å². The van der Waals surface area contributed by atoms with Gasteiger partial charge in [0.2, 0.25) is 0 Å². The van der Waals surface area contributed by atoms with Crippen molar-refractivity contribution in [2.75, 3.05) is 26.9 Å². The van der Waals surface area contributed by atoms with Crippen LogP contribution in [0, 0.1) is 5.92 Å². The van der Waals surface area contributed by atoms with Gasteiger partial charge in [-0.15, -0.1) is 0 Å². The van der Waals surface area contributed by atoms with Gasteiger partial charge in [-0.3, -0.25) is 0 Å². The van der Waals surface area contributed by atoms with E-state index in [-0.39, 0.29) is 0 Å². The Labute approximate surface area is 93.5 Å². The predicted molar refractivity (Wildman–Crippen MR) is 62.1 cm³/mol. The number of ether oxygens (including phenoxy) is 2. The van der Waals surface area contributed by atoms with E-state index < -0.39 is 0 Å². The molecule has 0 amide bonds. The highest BCUT2D eigenvalue weighted by Gasteiger charge is 2.29. The molecule has 3 atom stereocenters. The highest BCUT2D eigenvalue weighted by Crippen LogP contribution is 2.22. The van der Waals surface area contributed by atoms with Crippen LogP contribution in [0.1, 0.15) is 33.1 Å². The van der Waals surface area contributed by atoms with E-state index in [1.165, 1.54) is 12.8 Å². The second kappa shape index (κ2) is 7.20. The lowest BCUT2D eigenvalue weighted by atomic mass is 9.89. The van der Waals surface area contributed by atoms with Crippen LogP contribution in [0.15, 0.2) is 0 Å². The number of hydrogen-bond donors (Lipinski definition) is 1. The van der Waals surface area contributed by atoms with E-state index in [0.717, 1.165) is 26.2 Å². The molecule has 0 aromatic heterocycles. The highest BCUT2D eigenvalue weighted by atomic mass is 16.5. The van der Waals surface area contributed by atoms with Crippen molar-refractivity contribution >= 4 is 0 Å². The Bertz CT molecular complexity index is 153.